The Hall–Kier alpha value is -1.32. The highest BCUT2D eigenvalue weighted by Gasteiger charge is 2.23. The van der Waals surface area contributed by atoms with E-state index < -0.39 is 0 Å². The third-order valence-electron chi connectivity index (χ3n) is 3.26. The van der Waals surface area contributed by atoms with Crippen LogP contribution in [0.4, 0.5) is 11.6 Å². The van der Waals surface area contributed by atoms with Crippen LogP contribution in [0.5, 0.6) is 0 Å². The van der Waals surface area contributed by atoms with E-state index in [1.54, 1.807) is 6.33 Å². The summed E-state index contributed by atoms with van der Waals surface area (Å²) in [6, 6.07) is 2.48. The summed E-state index contributed by atoms with van der Waals surface area (Å²) in [4.78, 5) is 8.39. The average molecular weight is 220 g/mol. The van der Waals surface area contributed by atoms with Crippen LogP contribution in [0.3, 0.4) is 0 Å². The van der Waals surface area contributed by atoms with Crippen molar-refractivity contribution in [2.24, 2.45) is 5.92 Å². The molecule has 1 saturated carbocycles. The molecule has 1 aliphatic rings. The summed E-state index contributed by atoms with van der Waals surface area (Å²) in [6.45, 7) is 5.18. The number of anilines is 2. The van der Waals surface area contributed by atoms with Gasteiger partial charge in [-0.05, 0) is 32.6 Å². The molecule has 1 unspecified atom stereocenters. The van der Waals surface area contributed by atoms with E-state index in [4.69, 9.17) is 0 Å². The van der Waals surface area contributed by atoms with Gasteiger partial charge in [0.25, 0.3) is 0 Å². The van der Waals surface area contributed by atoms with E-state index in [0.717, 1.165) is 24.1 Å². The monoisotopic (exact) mass is 220 g/mol. The topological polar surface area (TPSA) is 49.8 Å². The van der Waals surface area contributed by atoms with Crippen molar-refractivity contribution in [3.05, 3.63) is 12.4 Å². The number of hydrogen-bond acceptors (Lipinski definition) is 4. The quantitative estimate of drug-likeness (QED) is 0.800. The molecule has 0 bridgehead atoms. The molecule has 0 aliphatic heterocycles. The molecule has 16 heavy (non-hydrogen) atoms. The maximum atomic E-state index is 4.24. The zero-order chi connectivity index (χ0) is 11.4. The Bertz CT molecular complexity index is 336. The van der Waals surface area contributed by atoms with E-state index >= 15 is 0 Å². The first-order chi connectivity index (χ1) is 7.79. The first-order valence-corrected chi connectivity index (χ1v) is 6.12. The van der Waals surface area contributed by atoms with Crippen LogP contribution in [0.15, 0.2) is 12.4 Å². The molecule has 1 aromatic heterocycles. The number of rotatable bonds is 5. The normalized spacial score (nSPS) is 17.6. The average Bonchev–Trinajstić information content (AvgIpc) is 2.15. The van der Waals surface area contributed by atoms with Gasteiger partial charge in [-0.3, -0.25) is 0 Å². The Morgan fingerprint density at radius 1 is 1.38 bits per heavy atom. The van der Waals surface area contributed by atoms with E-state index in [2.05, 4.69) is 34.4 Å². The predicted octanol–water partition coefficient (Wildman–Crippen LogP) is 2.51. The molecule has 4 heteroatoms. The molecule has 1 heterocycles. The molecule has 0 spiro atoms. The maximum absolute atomic E-state index is 4.24. The Morgan fingerprint density at radius 2 is 2.12 bits per heavy atom. The summed E-state index contributed by atoms with van der Waals surface area (Å²) in [7, 11) is 0. The molecule has 0 saturated heterocycles. The van der Waals surface area contributed by atoms with Crippen LogP contribution in [0.2, 0.25) is 0 Å². The van der Waals surface area contributed by atoms with Gasteiger partial charge in [0, 0.05) is 18.7 Å². The zero-order valence-electron chi connectivity index (χ0n) is 10.0. The molecule has 1 atom stereocenters. The molecular formula is C12H20N4. The SMILES string of the molecule is CCNc1cc(NC(C)C2CCC2)ncn1. The van der Waals surface area contributed by atoms with Gasteiger partial charge in [0.15, 0.2) is 0 Å². The number of aromatic nitrogens is 2. The van der Waals surface area contributed by atoms with Crippen molar-refractivity contribution in [3.63, 3.8) is 0 Å². The molecule has 0 radical (unpaired) electrons. The minimum atomic E-state index is 0.512. The molecule has 4 nitrogen and oxygen atoms in total. The molecule has 1 aliphatic carbocycles. The molecule has 1 aromatic rings. The summed E-state index contributed by atoms with van der Waals surface area (Å²) < 4.78 is 0. The van der Waals surface area contributed by atoms with Crippen molar-refractivity contribution in [3.8, 4) is 0 Å². The third-order valence-corrected chi connectivity index (χ3v) is 3.26. The van der Waals surface area contributed by atoms with Crippen LogP contribution in [0.1, 0.15) is 33.1 Å². The highest BCUT2D eigenvalue weighted by molar-refractivity contribution is 5.46. The zero-order valence-corrected chi connectivity index (χ0v) is 10.0. The van der Waals surface area contributed by atoms with Crippen molar-refractivity contribution in [1.29, 1.82) is 0 Å². The van der Waals surface area contributed by atoms with Gasteiger partial charge in [0.2, 0.25) is 0 Å². The Balaban J connectivity index is 1.94. The minimum absolute atomic E-state index is 0.512. The van der Waals surface area contributed by atoms with Crippen LogP contribution in [0.25, 0.3) is 0 Å². The van der Waals surface area contributed by atoms with Crippen molar-refractivity contribution < 1.29 is 0 Å². The second kappa shape index (κ2) is 5.14. The Morgan fingerprint density at radius 3 is 2.75 bits per heavy atom. The number of nitrogens with one attached hydrogen (secondary N) is 2. The second-order valence-electron chi connectivity index (χ2n) is 4.44. The smallest absolute Gasteiger partial charge is 0.131 e. The summed E-state index contributed by atoms with van der Waals surface area (Å²) in [5.74, 6) is 2.63. The fraction of sp³-hybridized carbons (Fsp3) is 0.667. The Labute approximate surface area is 96.9 Å². The first-order valence-electron chi connectivity index (χ1n) is 6.12. The maximum Gasteiger partial charge on any atom is 0.131 e. The van der Waals surface area contributed by atoms with Crippen molar-refractivity contribution in [1.82, 2.24) is 9.97 Å². The third kappa shape index (κ3) is 2.62. The van der Waals surface area contributed by atoms with Crippen LogP contribution in [0, 0.1) is 5.92 Å². The summed E-state index contributed by atoms with van der Waals surface area (Å²) in [6.07, 6.45) is 5.68. The lowest BCUT2D eigenvalue weighted by atomic mass is 9.80. The van der Waals surface area contributed by atoms with E-state index in [9.17, 15) is 0 Å². The molecular weight excluding hydrogens is 200 g/mol. The molecule has 2 N–H and O–H groups in total. The van der Waals surface area contributed by atoms with Gasteiger partial charge in [0.05, 0.1) is 0 Å². The lowest BCUT2D eigenvalue weighted by Gasteiger charge is -2.32. The van der Waals surface area contributed by atoms with E-state index in [1.165, 1.54) is 19.3 Å². The van der Waals surface area contributed by atoms with E-state index in [-0.39, 0.29) is 0 Å². The molecule has 1 fully saturated rings. The lowest BCUT2D eigenvalue weighted by molar-refractivity contribution is 0.285. The number of hydrogen-bond donors (Lipinski definition) is 2. The fourth-order valence-corrected chi connectivity index (χ4v) is 2.00. The highest BCUT2D eigenvalue weighted by atomic mass is 15.1. The van der Waals surface area contributed by atoms with Gasteiger partial charge < -0.3 is 10.6 Å². The van der Waals surface area contributed by atoms with Crippen LogP contribution in [-0.2, 0) is 0 Å². The predicted molar refractivity (Wildman–Crippen MR) is 66.6 cm³/mol. The highest BCUT2D eigenvalue weighted by Crippen LogP contribution is 2.30. The van der Waals surface area contributed by atoms with Gasteiger partial charge in [-0.2, -0.15) is 0 Å². The standard InChI is InChI=1S/C12H20N4/c1-3-13-11-7-12(15-8-14-11)16-9(2)10-5-4-6-10/h7-10H,3-6H2,1-2H3,(H2,13,14,15,16). The largest absolute Gasteiger partial charge is 0.370 e. The van der Waals surface area contributed by atoms with Gasteiger partial charge >= 0.3 is 0 Å². The second-order valence-corrected chi connectivity index (χ2v) is 4.44. The van der Waals surface area contributed by atoms with E-state index in [1.807, 2.05) is 6.07 Å². The molecule has 0 aromatic carbocycles. The minimum Gasteiger partial charge on any atom is -0.370 e. The number of nitrogens with zero attached hydrogens (tertiary/aromatic N) is 2. The van der Waals surface area contributed by atoms with Crippen molar-refractivity contribution in [2.75, 3.05) is 17.2 Å². The van der Waals surface area contributed by atoms with Gasteiger partial charge in [-0.25, -0.2) is 9.97 Å². The van der Waals surface area contributed by atoms with Crippen LogP contribution in [-0.4, -0.2) is 22.6 Å². The summed E-state index contributed by atoms with van der Waals surface area (Å²) in [5, 5.41) is 6.64. The molecule has 88 valence electrons. The van der Waals surface area contributed by atoms with Crippen LogP contribution < -0.4 is 10.6 Å². The summed E-state index contributed by atoms with van der Waals surface area (Å²) >= 11 is 0. The molecule has 2 rings (SSSR count). The van der Waals surface area contributed by atoms with Crippen molar-refractivity contribution in [2.45, 2.75) is 39.2 Å². The van der Waals surface area contributed by atoms with Crippen molar-refractivity contribution >= 4 is 11.6 Å². The van der Waals surface area contributed by atoms with E-state index in [0.29, 0.717) is 6.04 Å². The van der Waals surface area contributed by atoms with Gasteiger partial charge in [-0.1, -0.05) is 6.42 Å². The van der Waals surface area contributed by atoms with Gasteiger partial charge in [0.1, 0.15) is 18.0 Å². The molecule has 0 amide bonds. The first kappa shape index (κ1) is 11.2. The van der Waals surface area contributed by atoms with Crippen LogP contribution >= 0.6 is 0 Å². The summed E-state index contributed by atoms with van der Waals surface area (Å²) in [5.41, 5.74) is 0. The van der Waals surface area contributed by atoms with Gasteiger partial charge in [-0.15, -0.1) is 0 Å². The Kier molecular flexibility index (Phi) is 3.59. The fourth-order valence-electron chi connectivity index (χ4n) is 2.00. The lowest BCUT2D eigenvalue weighted by Crippen LogP contribution is -2.31.